The van der Waals surface area contributed by atoms with E-state index in [4.69, 9.17) is 0 Å². The van der Waals surface area contributed by atoms with Crippen molar-refractivity contribution >= 4 is 23.5 Å². The fourth-order valence-corrected chi connectivity index (χ4v) is 2.31. The highest BCUT2D eigenvalue weighted by molar-refractivity contribution is 7.13. The van der Waals surface area contributed by atoms with Gasteiger partial charge in [-0.2, -0.15) is 5.10 Å². The molecular formula is C14H14N2OS. The molecule has 0 aliphatic heterocycles. The number of rotatable bonds is 3. The van der Waals surface area contributed by atoms with E-state index in [1.165, 1.54) is 4.88 Å². The summed E-state index contributed by atoms with van der Waals surface area (Å²) in [4.78, 5) is 14.1. The Morgan fingerprint density at radius 1 is 1.22 bits per heavy atom. The summed E-state index contributed by atoms with van der Waals surface area (Å²) >= 11 is 1.64. The number of carbonyl (C=O) groups excluding carboxylic acids is 1. The van der Waals surface area contributed by atoms with Crippen LogP contribution in [0, 0.1) is 13.8 Å². The quantitative estimate of drug-likeness (QED) is 0.667. The van der Waals surface area contributed by atoms with Gasteiger partial charge < -0.3 is 0 Å². The first-order chi connectivity index (χ1) is 8.66. The second kappa shape index (κ2) is 5.60. The molecule has 0 fully saturated rings. The second-order valence-corrected chi connectivity index (χ2v) is 5.28. The van der Waals surface area contributed by atoms with Crippen LogP contribution >= 0.6 is 11.3 Å². The van der Waals surface area contributed by atoms with Gasteiger partial charge in [-0.1, -0.05) is 18.2 Å². The highest BCUT2D eigenvalue weighted by Gasteiger charge is 2.06. The van der Waals surface area contributed by atoms with Crippen molar-refractivity contribution in [2.75, 3.05) is 0 Å². The van der Waals surface area contributed by atoms with Crippen LogP contribution in [0.3, 0.4) is 0 Å². The Morgan fingerprint density at radius 2 is 2.00 bits per heavy atom. The molecule has 4 heteroatoms. The Bertz CT molecular complexity index is 587. The number of nitrogens with one attached hydrogen (secondary N) is 1. The van der Waals surface area contributed by atoms with Crippen molar-refractivity contribution in [2.24, 2.45) is 5.10 Å². The first kappa shape index (κ1) is 12.5. The lowest BCUT2D eigenvalue weighted by Gasteiger charge is -2.02. The molecule has 1 N–H and O–H groups in total. The highest BCUT2D eigenvalue weighted by atomic mass is 32.1. The van der Waals surface area contributed by atoms with Gasteiger partial charge in [0.1, 0.15) is 0 Å². The van der Waals surface area contributed by atoms with Gasteiger partial charge >= 0.3 is 0 Å². The van der Waals surface area contributed by atoms with Gasteiger partial charge in [0.05, 0.1) is 6.21 Å². The normalized spacial score (nSPS) is 10.8. The number of amides is 1. The predicted octanol–water partition coefficient (Wildman–Crippen LogP) is 3.13. The van der Waals surface area contributed by atoms with E-state index in [1.807, 2.05) is 44.2 Å². The molecule has 1 aromatic carbocycles. The van der Waals surface area contributed by atoms with Crippen molar-refractivity contribution in [3.05, 3.63) is 57.3 Å². The Kier molecular flexibility index (Phi) is 3.89. The van der Waals surface area contributed by atoms with Gasteiger partial charge in [0.2, 0.25) is 0 Å². The fraction of sp³-hybridized carbons (Fsp3) is 0.143. The van der Waals surface area contributed by atoms with Crippen molar-refractivity contribution in [3.63, 3.8) is 0 Å². The van der Waals surface area contributed by atoms with Crippen LogP contribution in [0.1, 0.15) is 25.7 Å². The van der Waals surface area contributed by atoms with Crippen molar-refractivity contribution < 1.29 is 4.79 Å². The van der Waals surface area contributed by atoms with Crippen LogP contribution in [0.2, 0.25) is 0 Å². The summed E-state index contributed by atoms with van der Waals surface area (Å²) in [7, 11) is 0. The first-order valence-electron chi connectivity index (χ1n) is 5.62. The minimum atomic E-state index is -0.183. The maximum Gasteiger partial charge on any atom is 0.271 e. The largest absolute Gasteiger partial charge is 0.271 e. The number of hydrogen-bond donors (Lipinski definition) is 1. The summed E-state index contributed by atoms with van der Waals surface area (Å²) < 4.78 is 0. The van der Waals surface area contributed by atoms with E-state index in [9.17, 15) is 4.79 Å². The van der Waals surface area contributed by atoms with Crippen molar-refractivity contribution in [1.82, 2.24) is 5.43 Å². The lowest BCUT2D eigenvalue weighted by atomic mass is 10.1. The summed E-state index contributed by atoms with van der Waals surface area (Å²) in [5.74, 6) is -0.183. The fourth-order valence-electron chi connectivity index (χ4n) is 1.57. The smallest absolute Gasteiger partial charge is 0.267 e. The Morgan fingerprint density at radius 3 is 2.67 bits per heavy atom. The molecule has 92 valence electrons. The van der Waals surface area contributed by atoms with Crippen LogP contribution in [0.4, 0.5) is 0 Å². The van der Waals surface area contributed by atoms with Crippen molar-refractivity contribution in [3.8, 4) is 0 Å². The SMILES string of the molecule is Cc1ccc(C=NNC(=O)c2ccccc2C)s1. The third-order valence-corrected chi connectivity index (χ3v) is 3.44. The molecule has 0 saturated carbocycles. The zero-order valence-electron chi connectivity index (χ0n) is 10.3. The number of hydrazone groups is 1. The molecular weight excluding hydrogens is 244 g/mol. The van der Waals surface area contributed by atoms with E-state index >= 15 is 0 Å². The predicted molar refractivity (Wildman–Crippen MR) is 75.3 cm³/mol. The van der Waals surface area contributed by atoms with E-state index in [0.29, 0.717) is 5.56 Å². The van der Waals surface area contributed by atoms with Gasteiger partial charge in [-0.25, -0.2) is 5.43 Å². The Hall–Kier alpha value is -1.94. The van der Waals surface area contributed by atoms with E-state index in [0.717, 1.165) is 10.4 Å². The maximum atomic E-state index is 11.8. The lowest BCUT2D eigenvalue weighted by Crippen LogP contribution is -2.18. The molecule has 18 heavy (non-hydrogen) atoms. The molecule has 2 rings (SSSR count). The van der Waals surface area contributed by atoms with E-state index < -0.39 is 0 Å². The zero-order chi connectivity index (χ0) is 13.0. The van der Waals surface area contributed by atoms with Gasteiger partial charge in [-0.3, -0.25) is 4.79 Å². The minimum absolute atomic E-state index is 0.183. The number of nitrogens with zero attached hydrogens (tertiary/aromatic N) is 1. The van der Waals surface area contributed by atoms with Crippen LogP contribution in [-0.4, -0.2) is 12.1 Å². The summed E-state index contributed by atoms with van der Waals surface area (Å²) in [5, 5.41) is 3.96. The molecule has 0 aliphatic rings. The summed E-state index contributed by atoms with van der Waals surface area (Å²) in [6.45, 7) is 3.94. The number of aryl methyl sites for hydroxylation is 2. The molecule has 0 atom stereocenters. The molecule has 1 heterocycles. The first-order valence-corrected chi connectivity index (χ1v) is 6.44. The van der Waals surface area contributed by atoms with Gasteiger partial charge in [0.15, 0.2) is 0 Å². The van der Waals surface area contributed by atoms with Crippen LogP contribution in [-0.2, 0) is 0 Å². The van der Waals surface area contributed by atoms with E-state index in [2.05, 4.69) is 10.5 Å². The lowest BCUT2D eigenvalue weighted by molar-refractivity contribution is 0.0954. The number of hydrogen-bond acceptors (Lipinski definition) is 3. The Labute approximate surface area is 110 Å². The minimum Gasteiger partial charge on any atom is -0.267 e. The molecule has 2 aromatic rings. The average molecular weight is 258 g/mol. The number of benzene rings is 1. The third-order valence-electron chi connectivity index (χ3n) is 2.51. The number of thiophene rings is 1. The van der Waals surface area contributed by atoms with Crippen LogP contribution in [0.25, 0.3) is 0 Å². The van der Waals surface area contributed by atoms with Crippen LogP contribution in [0.15, 0.2) is 41.5 Å². The molecule has 1 aromatic heterocycles. The monoisotopic (exact) mass is 258 g/mol. The molecule has 0 unspecified atom stereocenters. The van der Waals surface area contributed by atoms with Gasteiger partial charge in [-0.05, 0) is 37.6 Å². The van der Waals surface area contributed by atoms with E-state index in [1.54, 1.807) is 23.6 Å². The maximum absolute atomic E-state index is 11.8. The second-order valence-electron chi connectivity index (χ2n) is 3.96. The van der Waals surface area contributed by atoms with Crippen LogP contribution < -0.4 is 5.43 Å². The highest BCUT2D eigenvalue weighted by Crippen LogP contribution is 2.12. The zero-order valence-corrected chi connectivity index (χ0v) is 11.1. The summed E-state index contributed by atoms with van der Waals surface area (Å²) in [6, 6.07) is 11.4. The van der Waals surface area contributed by atoms with Crippen molar-refractivity contribution in [2.45, 2.75) is 13.8 Å². The van der Waals surface area contributed by atoms with Gasteiger partial charge in [0.25, 0.3) is 5.91 Å². The van der Waals surface area contributed by atoms with E-state index in [-0.39, 0.29) is 5.91 Å². The summed E-state index contributed by atoms with van der Waals surface area (Å²) in [6.07, 6.45) is 1.66. The van der Waals surface area contributed by atoms with Gasteiger partial charge in [0, 0.05) is 15.3 Å². The Balaban J connectivity index is 2.01. The van der Waals surface area contributed by atoms with Gasteiger partial charge in [-0.15, -0.1) is 11.3 Å². The third kappa shape index (κ3) is 3.05. The molecule has 0 saturated heterocycles. The summed E-state index contributed by atoms with van der Waals surface area (Å²) in [5.41, 5.74) is 4.13. The number of carbonyl (C=O) groups is 1. The molecule has 3 nitrogen and oxygen atoms in total. The average Bonchev–Trinajstić information content (AvgIpc) is 2.75. The van der Waals surface area contributed by atoms with Crippen molar-refractivity contribution in [1.29, 1.82) is 0 Å². The topological polar surface area (TPSA) is 41.5 Å². The molecule has 0 spiro atoms. The molecule has 1 amide bonds. The molecule has 0 bridgehead atoms. The standard InChI is InChI=1S/C14H14N2OS/c1-10-5-3-4-6-13(10)14(17)16-15-9-12-8-7-11(2)18-12/h3-9H,1-2H3,(H,16,17). The molecule has 0 radical (unpaired) electrons. The molecule has 0 aliphatic carbocycles. The van der Waals surface area contributed by atoms with Crippen LogP contribution in [0.5, 0.6) is 0 Å².